The molecule has 0 aliphatic carbocycles. The van der Waals surface area contributed by atoms with Crippen LogP contribution in [0.1, 0.15) is 16.8 Å². The number of anilines is 1. The summed E-state index contributed by atoms with van der Waals surface area (Å²) in [6.07, 6.45) is 6.40. The Balaban J connectivity index is 1.27. The highest BCUT2D eigenvalue weighted by Gasteiger charge is 2.26. The van der Waals surface area contributed by atoms with Gasteiger partial charge in [0, 0.05) is 48.8 Å². The second kappa shape index (κ2) is 6.84. The molecule has 1 amide bonds. The minimum Gasteiger partial charge on any atom is -0.361 e. The summed E-state index contributed by atoms with van der Waals surface area (Å²) in [5.41, 5.74) is 3.46. The first-order valence-electron chi connectivity index (χ1n) is 9.36. The van der Waals surface area contributed by atoms with Crippen LogP contribution in [-0.4, -0.2) is 45.0 Å². The Bertz CT molecular complexity index is 1120. The molecule has 1 aromatic carbocycles. The number of fused-ring (bicyclic) bond motifs is 1. The minimum absolute atomic E-state index is 0.0515. The highest BCUT2D eigenvalue weighted by molar-refractivity contribution is 5.98. The van der Waals surface area contributed by atoms with E-state index in [2.05, 4.69) is 30.2 Å². The lowest BCUT2D eigenvalue weighted by Crippen LogP contribution is -2.37. The number of aromatic amines is 2. The van der Waals surface area contributed by atoms with Crippen molar-refractivity contribution in [1.82, 2.24) is 25.3 Å². The van der Waals surface area contributed by atoms with E-state index in [4.69, 9.17) is 0 Å². The molecule has 140 valence electrons. The van der Waals surface area contributed by atoms with Gasteiger partial charge in [-0.3, -0.25) is 4.79 Å². The zero-order valence-electron chi connectivity index (χ0n) is 15.2. The molecular formula is C21H20N6O. The Morgan fingerprint density at radius 1 is 1.14 bits per heavy atom. The fourth-order valence-corrected chi connectivity index (χ4v) is 3.66. The van der Waals surface area contributed by atoms with E-state index in [1.165, 1.54) is 0 Å². The maximum Gasteiger partial charge on any atom is 0.251 e. The van der Waals surface area contributed by atoms with Crippen LogP contribution in [0.3, 0.4) is 0 Å². The SMILES string of the molecule is O=C(NC1CCN(c2nccc(-c3ccc[nH]3)n2)C1)c1ccc2cc[nH]c2c1. The quantitative estimate of drug-likeness (QED) is 0.514. The summed E-state index contributed by atoms with van der Waals surface area (Å²) >= 11 is 0. The van der Waals surface area contributed by atoms with Crippen molar-refractivity contribution in [1.29, 1.82) is 0 Å². The number of nitrogens with zero attached hydrogens (tertiary/aromatic N) is 3. The van der Waals surface area contributed by atoms with Gasteiger partial charge in [-0.05, 0) is 48.2 Å². The summed E-state index contributed by atoms with van der Waals surface area (Å²) in [7, 11) is 0. The summed E-state index contributed by atoms with van der Waals surface area (Å²) < 4.78 is 0. The number of benzene rings is 1. The van der Waals surface area contributed by atoms with Gasteiger partial charge in [-0.25, -0.2) is 9.97 Å². The van der Waals surface area contributed by atoms with Gasteiger partial charge in [-0.15, -0.1) is 0 Å². The standard InChI is InChI=1S/C21H20N6O/c28-20(15-4-3-14-5-9-23-19(14)12-15)25-16-7-11-27(13-16)21-24-10-6-18(26-21)17-2-1-8-22-17/h1-6,8-10,12,16,22-23H,7,11,13H2,(H,25,28). The molecule has 1 fully saturated rings. The predicted molar refractivity (Wildman–Crippen MR) is 108 cm³/mol. The molecule has 3 aromatic heterocycles. The van der Waals surface area contributed by atoms with E-state index in [0.717, 1.165) is 35.3 Å². The zero-order chi connectivity index (χ0) is 18.9. The molecule has 7 nitrogen and oxygen atoms in total. The van der Waals surface area contributed by atoms with Crippen LogP contribution in [0.25, 0.3) is 22.3 Å². The topological polar surface area (TPSA) is 89.7 Å². The van der Waals surface area contributed by atoms with E-state index in [1.807, 2.05) is 54.9 Å². The second-order valence-electron chi connectivity index (χ2n) is 7.01. The summed E-state index contributed by atoms with van der Waals surface area (Å²) in [6, 6.07) is 13.6. The fraction of sp³-hybridized carbons (Fsp3) is 0.190. The molecule has 7 heteroatoms. The summed E-state index contributed by atoms with van der Waals surface area (Å²) in [5, 5.41) is 4.24. The maximum absolute atomic E-state index is 12.6. The molecule has 0 spiro atoms. The maximum atomic E-state index is 12.6. The Morgan fingerprint density at radius 3 is 3.00 bits per heavy atom. The molecule has 0 radical (unpaired) electrons. The molecule has 4 heterocycles. The molecule has 3 N–H and O–H groups in total. The fourth-order valence-electron chi connectivity index (χ4n) is 3.66. The Labute approximate surface area is 161 Å². The number of amides is 1. The smallest absolute Gasteiger partial charge is 0.251 e. The monoisotopic (exact) mass is 372 g/mol. The highest BCUT2D eigenvalue weighted by Crippen LogP contribution is 2.21. The van der Waals surface area contributed by atoms with Gasteiger partial charge in [-0.1, -0.05) is 6.07 Å². The van der Waals surface area contributed by atoms with Gasteiger partial charge in [0.15, 0.2) is 0 Å². The van der Waals surface area contributed by atoms with Crippen LogP contribution < -0.4 is 10.2 Å². The summed E-state index contributed by atoms with van der Waals surface area (Å²) in [6.45, 7) is 1.51. The van der Waals surface area contributed by atoms with Crippen molar-refractivity contribution in [3.63, 3.8) is 0 Å². The normalized spacial score (nSPS) is 16.6. The lowest BCUT2D eigenvalue weighted by Gasteiger charge is -2.17. The zero-order valence-corrected chi connectivity index (χ0v) is 15.2. The molecule has 4 aromatic rings. The van der Waals surface area contributed by atoms with Gasteiger partial charge < -0.3 is 20.2 Å². The van der Waals surface area contributed by atoms with Crippen molar-refractivity contribution in [2.45, 2.75) is 12.5 Å². The van der Waals surface area contributed by atoms with Crippen LogP contribution in [0.5, 0.6) is 0 Å². The molecule has 5 rings (SSSR count). The third-order valence-electron chi connectivity index (χ3n) is 5.14. The summed E-state index contributed by atoms with van der Waals surface area (Å²) in [5.74, 6) is 0.640. The molecule has 1 aliphatic heterocycles. The van der Waals surface area contributed by atoms with Gasteiger partial charge in [0.25, 0.3) is 5.91 Å². The Morgan fingerprint density at radius 2 is 2.11 bits per heavy atom. The third-order valence-corrected chi connectivity index (χ3v) is 5.14. The first-order chi connectivity index (χ1) is 13.8. The van der Waals surface area contributed by atoms with Gasteiger partial charge >= 0.3 is 0 Å². The third kappa shape index (κ3) is 3.11. The molecule has 28 heavy (non-hydrogen) atoms. The van der Waals surface area contributed by atoms with Gasteiger partial charge in [-0.2, -0.15) is 0 Å². The number of aromatic nitrogens is 4. The van der Waals surface area contributed by atoms with E-state index in [9.17, 15) is 4.79 Å². The van der Waals surface area contributed by atoms with E-state index in [-0.39, 0.29) is 11.9 Å². The molecule has 0 saturated carbocycles. The van der Waals surface area contributed by atoms with Crippen molar-refractivity contribution in [2.75, 3.05) is 18.0 Å². The van der Waals surface area contributed by atoms with Crippen molar-refractivity contribution in [3.8, 4) is 11.4 Å². The number of nitrogens with one attached hydrogen (secondary N) is 3. The van der Waals surface area contributed by atoms with Crippen molar-refractivity contribution in [3.05, 3.63) is 66.6 Å². The van der Waals surface area contributed by atoms with Crippen LogP contribution in [0.2, 0.25) is 0 Å². The molecule has 1 unspecified atom stereocenters. The van der Waals surface area contributed by atoms with Crippen LogP contribution in [0, 0.1) is 0 Å². The lowest BCUT2D eigenvalue weighted by atomic mass is 10.1. The van der Waals surface area contributed by atoms with E-state index < -0.39 is 0 Å². The average molecular weight is 372 g/mol. The van der Waals surface area contributed by atoms with Crippen LogP contribution >= 0.6 is 0 Å². The summed E-state index contributed by atoms with van der Waals surface area (Å²) in [4.78, 5) is 30.1. The van der Waals surface area contributed by atoms with Crippen LogP contribution in [0.4, 0.5) is 5.95 Å². The first-order valence-corrected chi connectivity index (χ1v) is 9.36. The highest BCUT2D eigenvalue weighted by atomic mass is 16.1. The Kier molecular flexibility index (Phi) is 4.05. The van der Waals surface area contributed by atoms with Gasteiger partial charge in [0.2, 0.25) is 5.95 Å². The number of H-pyrrole nitrogens is 2. The number of rotatable bonds is 4. The minimum atomic E-state index is -0.0515. The van der Waals surface area contributed by atoms with Crippen LogP contribution in [0.15, 0.2) is 61.1 Å². The number of hydrogen-bond acceptors (Lipinski definition) is 4. The van der Waals surface area contributed by atoms with E-state index in [0.29, 0.717) is 18.1 Å². The van der Waals surface area contributed by atoms with Crippen molar-refractivity contribution >= 4 is 22.8 Å². The first kappa shape index (κ1) is 16.6. The number of carbonyl (C=O) groups is 1. The number of carbonyl (C=O) groups excluding carboxylic acids is 1. The molecule has 1 saturated heterocycles. The van der Waals surface area contributed by atoms with Crippen molar-refractivity contribution < 1.29 is 4.79 Å². The lowest BCUT2D eigenvalue weighted by molar-refractivity contribution is 0.0940. The van der Waals surface area contributed by atoms with E-state index in [1.54, 1.807) is 6.20 Å². The average Bonchev–Trinajstić information content (AvgIpc) is 3.48. The van der Waals surface area contributed by atoms with Gasteiger partial charge in [0.1, 0.15) is 0 Å². The van der Waals surface area contributed by atoms with E-state index >= 15 is 0 Å². The molecule has 0 bridgehead atoms. The molecule has 1 aliphatic rings. The molecular weight excluding hydrogens is 352 g/mol. The predicted octanol–water partition coefficient (Wildman–Crippen LogP) is 2.96. The van der Waals surface area contributed by atoms with Crippen LogP contribution in [-0.2, 0) is 0 Å². The number of hydrogen-bond donors (Lipinski definition) is 3. The van der Waals surface area contributed by atoms with Gasteiger partial charge in [0.05, 0.1) is 11.4 Å². The van der Waals surface area contributed by atoms with Crippen molar-refractivity contribution in [2.24, 2.45) is 0 Å². The molecule has 1 atom stereocenters. The second-order valence-corrected chi connectivity index (χ2v) is 7.01. The Hall–Kier alpha value is -3.61. The largest absolute Gasteiger partial charge is 0.361 e.